The molecule has 1 aromatic heterocycles. The van der Waals surface area contributed by atoms with Gasteiger partial charge in [-0.05, 0) is 30.3 Å². The molecule has 1 N–H and O–H groups in total. The summed E-state index contributed by atoms with van der Waals surface area (Å²) in [5.41, 5.74) is 3.49. The van der Waals surface area contributed by atoms with Crippen LogP contribution in [-0.4, -0.2) is 38.3 Å². The van der Waals surface area contributed by atoms with Crippen molar-refractivity contribution in [2.45, 2.75) is 0 Å². The van der Waals surface area contributed by atoms with Crippen molar-refractivity contribution in [2.24, 2.45) is 0 Å². The summed E-state index contributed by atoms with van der Waals surface area (Å²) in [4.78, 5) is 0. The van der Waals surface area contributed by atoms with Crippen LogP contribution in [0.1, 0.15) is 0 Å². The first kappa shape index (κ1) is 16.1. The maximum atomic E-state index is 5.62. The van der Waals surface area contributed by atoms with Gasteiger partial charge in [0.1, 0.15) is 5.75 Å². The van der Waals surface area contributed by atoms with Crippen LogP contribution in [0.5, 0.6) is 28.7 Å². The molecule has 1 aliphatic rings. The maximum Gasteiger partial charge on any atom is 0.231 e. The van der Waals surface area contributed by atoms with Gasteiger partial charge in [-0.3, -0.25) is 5.10 Å². The van der Waals surface area contributed by atoms with E-state index in [1.807, 2.05) is 30.3 Å². The van der Waals surface area contributed by atoms with Gasteiger partial charge in [0, 0.05) is 16.7 Å². The standard InChI is InChI=1S/C19H18N2O5/c1-22-12-6-4-11(5-7-12)16-14(9-20-21-16)13-8-15(23-2)18-19(17(13)24-3)26-10-25-18/h4-9H,10H2,1-3H3,(H,20,21). The summed E-state index contributed by atoms with van der Waals surface area (Å²) in [5, 5.41) is 7.27. The zero-order valence-corrected chi connectivity index (χ0v) is 14.7. The van der Waals surface area contributed by atoms with Gasteiger partial charge < -0.3 is 23.7 Å². The number of ether oxygens (including phenoxy) is 5. The lowest BCUT2D eigenvalue weighted by atomic mass is 9.99. The summed E-state index contributed by atoms with van der Waals surface area (Å²) in [6.07, 6.45) is 1.75. The Hall–Kier alpha value is -3.35. The number of nitrogens with one attached hydrogen (secondary N) is 1. The maximum absolute atomic E-state index is 5.62. The molecule has 1 aliphatic heterocycles. The van der Waals surface area contributed by atoms with Crippen LogP contribution in [0.4, 0.5) is 0 Å². The minimum Gasteiger partial charge on any atom is -0.497 e. The lowest BCUT2D eigenvalue weighted by Gasteiger charge is -2.14. The highest BCUT2D eigenvalue weighted by Gasteiger charge is 2.29. The van der Waals surface area contributed by atoms with E-state index < -0.39 is 0 Å². The molecule has 0 spiro atoms. The van der Waals surface area contributed by atoms with Crippen molar-refractivity contribution in [2.75, 3.05) is 28.1 Å². The van der Waals surface area contributed by atoms with Crippen molar-refractivity contribution in [1.29, 1.82) is 0 Å². The smallest absolute Gasteiger partial charge is 0.231 e. The van der Waals surface area contributed by atoms with Gasteiger partial charge in [0.15, 0.2) is 11.5 Å². The highest BCUT2D eigenvalue weighted by molar-refractivity contribution is 5.87. The molecule has 0 fully saturated rings. The van der Waals surface area contributed by atoms with Crippen molar-refractivity contribution in [1.82, 2.24) is 10.2 Å². The van der Waals surface area contributed by atoms with Crippen LogP contribution >= 0.6 is 0 Å². The summed E-state index contributed by atoms with van der Waals surface area (Å²) >= 11 is 0. The molecule has 0 saturated heterocycles. The summed E-state index contributed by atoms with van der Waals surface area (Å²) in [6, 6.07) is 9.60. The number of hydrogen-bond donors (Lipinski definition) is 1. The molecule has 0 aliphatic carbocycles. The van der Waals surface area contributed by atoms with Crippen molar-refractivity contribution in [3.8, 4) is 51.1 Å². The molecule has 0 radical (unpaired) electrons. The number of aromatic nitrogens is 2. The van der Waals surface area contributed by atoms with Gasteiger partial charge in [0.2, 0.25) is 18.3 Å². The molecule has 0 unspecified atom stereocenters. The van der Waals surface area contributed by atoms with Crippen LogP contribution in [0, 0.1) is 0 Å². The van der Waals surface area contributed by atoms with E-state index in [-0.39, 0.29) is 6.79 Å². The van der Waals surface area contributed by atoms with Crippen molar-refractivity contribution >= 4 is 0 Å². The normalized spacial score (nSPS) is 12.1. The van der Waals surface area contributed by atoms with Crippen molar-refractivity contribution in [3.05, 3.63) is 36.5 Å². The first-order valence-corrected chi connectivity index (χ1v) is 7.99. The first-order valence-electron chi connectivity index (χ1n) is 7.99. The van der Waals surface area contributed by atoms with E-state index in [9.17, 15) is 0 Å². The number of rotatable bonds is 5. The monoisotopic (exact) mass is 354 g/mol. The molecule has 4 rings (SSSR count). The Kier molecular flexibility index (Phi) is 4.04. The fraction of sp³-hybridized carbons (Fsp3) is 0.211. The number of aromatic amines is 1. The van der Waals surface area contributed by atoms with Gasteiger partial charge in [0.05, 0.1) is 33.2 Å². The van der Waals surface area contributed by atoms with Gasteiger partial charge in [-0.1, -0.05) is 0 Å². The third kappa shape index (κ3) is 2.48. The van der Waals surface area contributed by atoms with Crippen molar-refractivity contribution in [3.63, 3.8) is 0 Å². The Morgan fingerprint density at radius 2 is 1.69 bits per heavy atom. The molecule has 2 aromatic carbocycles. The Morgan fingerprint density at radius 1 is 0.923 bits per heavy atom. The Morgan fingerprint density at radius 3 is 2.38 bits per heavy atom. The average molecular weight is 354 g/mol. The zero-order valence-electron chi connectivity index (χ0n) is 14.7. The molecule has 7 nitrogen and oxygen atoms in total. The SMILES string of the molecule is COc1ccc(-c2[nH]ncc2-c2cc(OC)c3c(c2OC)OCO3)cc1. The van der Waals surface area contributed by atoms with Gasteiger partial charge in [0.25, 0.3) is 0 Å². The Labute approximate surface area is 150 Å². The lowest BCUT2D eigenvalue weighted by molar-refractivity contribution is 0.168. The number of fused-ring (bicyclic) bond motifs is 1. The van der Waals surface area contributed by atoms with Gasteiger partial charge >= 0.3 is 0 Å². The molecule has 7 heteroatoms. The highest BCUT2D eigenvalue weighted by atomic mass is 16.7. The van der Waals surface area contributed by atoms with E-state index in [4.69, 9.17) is 23.7 Å². The zero-order chi connectivity index (χ0) is 18.1. The van der Waals surface area contributed by atoms with E-state index in [0.29, 0.717) is 23.0 Å². The molecule has 26 heavy (non-hydrogen) atoms. The molecular weight excluding hydrogens is 336 g/mol. The van der Waals surface area contributed by atoms with Gasteiger partial charge in [-0.15, -0.1) is 0 Å². The molecule has 0 bridgehead atoms. The lowest BCUT2D eigenvalue weighted by Crippen LogP contribution is -1.95. The summed E-state index contributed by atoms with van der Waals surface area (Å²) in [6.45, 7) is 0.127. The van der Waals surface area contributed by atoms with E-state index in [0.717, 1.165) is 28.1 Å². The molecule has 0 atom stereocenters. The van der Waals surface area contributed by atoms with Crippen molar-refractivity contribution < 1.29 is 23.7 Å². The third-order valence-corrected chi connectivity index (χ3v) is 4.30. The second-order valence-electron chi connectivity index (χ2n) is 5.61. The molecule has 0 amide bonds. The average Bonchev–Trinajstić information content (AvgIpc) is 3.36. The number of H-pyrrole nitrogens is 1. The molecule has 0 saturated carbocycles. The number of nitrogens with zero attached hydrogens (tertiary/aromatic N) is 1. The molecule has 3 aromatic rings. The van der Waals surface area contributed by atoms with E-state index in [1.165, 1.54) is 0 Å². The molecule has 2 heterocycles. The van der Waals surface area contributed by atoms with Crippen LogP contribution in [0.15, 0.2) is 36.5 Å². The second-order valence-corrected chi connectivity index (χ2v) is 5.61. The minimum absolute atomic E-state index is 0.127. The summed E-state index contributed by atoms with van der Waals surface area (Å²) < 4.78 is 27.4. The highest BCUT2D eigenvalue weighted by Crippen LogP contribution is 2.53. The van der Waals surface area contributed by atoms with Crippen LogP contribution in [0.3, 0.4) is 0 Å². The van der Waals surface area contributed by atoms with Crippen LogP contribution in [0.25, 0.3) is 22.4 Å². The topological polar surface area (TPSA) is 74.8 Å². The van der Waals surface area contributed by atoms with Crippen LogP contribution < -0.4 is 23.7 Å². The minimum atomic E-state index is 0.127. The Bertz CT molecular complexity index is 934. The quantitative estimate of drug-likeness (QED) is 0.756. The van der Waals surface area contributed by atoms with Crippen LogP contribution in [-0.2, 0) is 0 Å². The number of benzene rings is 2. The number of methoxy groups -OCH3 is 3. The molecular formula is C19H18N2O5. The fourth-order valence-corrected chi connectivity index (χ4v) is 3.04. The van der Waals surface area contributed by atoms with Gasteiger partial charge in [-0.2, -0.15) is 5.10 Å². The van der Waals surface area contributed by atoms with Gasteiger partial charge in [-0.25, -0.2) is 0 Å². The fourth-order valence-electron chi connectivity index (χ4n) is 3.04. The van der Waals surface area contributed by atoms with Crippen LogP contribution in [0.2, 0.25) is 0 Å². The predicted molar refractivity (Wildman–Crippen MR) is 95.2 cm³/mol. The first-order chi connectivity index (χ1) is 12.8. The summed E-state index contributed by atoms with van der Waals surface area (Å²) in [7, 11) is 4.83. The Balaban J connectivity index is 1.88. The second kappa shape index (κ2) is 6.51. The van der Waals surface area contributed by atoms with E-state index >= 15 is 0 Å². The summed E-state index contributed by atoms with van der Waals surface area (Å²) in [5.74, 6) is 3.02. The molecule has 134 valence electrons. The van der Waals surface area contributed by atoms with E-state index in [2.05, 4.69) is 10.2 Å². The third-order valence-electron chi connectivity index (χ3n) is 4.30. The predicted octanol–water partition coefficient (Wildman–Crippen LogP) is 3.50. The largest absolute Gasteiger partial charge is 0.497 e. The number of hydrogen-bond acceptors (Lipinski definition) is 6. The van der Waals surface area contributed by atoms with E-state index in [1.54, 1.807) is 27.5 Å².